The van der Waals surface area contributed by atoms with Crippen molar-refractivity contribution in [3.63, 3.8) is 0 Å². The van der Waals surface area contributed by atoms with Crippen LogP contribution in [0.3, 0.4) is 0 Å². The lowest BCUT2D eigenvalue weighted by atomic mass is 9.87. The van der Waals surface area contributed by atoms with Crippen molar-refractivity contribution >= 4 is 36.6 Å². The maximum absolute atomic E-state index is 12.4. The lowest BCUT2D eigenvalue weighted by Crippen LogP contribution is -2.56. The average molecular weight is 425 g/mol. The fourth-order valence-electron chi connectivity index (χ4n) is 4.10. The van der Waals surface area contributed by atoms with Gasteiger partial charge in [-0.3, -0.25) is 14.5 Å². The molecule has 1 saturated carbocycles. The average Bonchev–Trinajstić information content (AvgIpc) is 2.62. The number of carbonyl (C=O) groups excluding carboxylic acids is 2. The van der Waals surface area contributed by atoms with E-state index in [0.29, 0.717) is 44.7 Å². The highest BCUT2D eigenvalue weighted by Gasteiger charge is 2.30. The summed E-state index contributed by atoms with van der Waals surface area (Å²) in [7, 11) is 0. The first-order valence-corrected chi connectivity index (χ1v) is 9.74. The van der Waals surface area contributed by atoms with E-state index in [1.807, 2.05) is 4.90 Å². The Balaban J connectivity index is 0.00000182. The van der Waals surface area contributed by atoms with Crippen LogP contribution in [0.1, 0.15) is 32.6 Å². The van der Waals surface area contributed by atoms with Crippen LogP contribution in [-0.4, -0.2) is 86.2 Å². The summed E-state index contributed by atoms with van der Waals surface area (Å²) in [6.07, 6.45) is 4.35. The van der Waals surface area contributed by atoms with Crippen molar-refractivity contribution < 1.29 is 14.3 Å². The molecule has 2 amide bonds. The van der Waals surface area contributed by atoms with Crippen molar-refractivity contribution in [3.8, 4) is 0 Å². The Hall–Kier alpha value is -0.600. The normalized spacial score (nSPS) is 29.2. The zero-order chi connectivity index (χ0) is 17.6. The third-order valence-corrected chi connectivity index (χ3v) is 5.56. The number of ether oxygens (including phenoxy) is 1. The van der Waals surface area contributed by atoms with Crippen molar-refractivity contribution in [2.24, 2.45) is 5.92 Å². The number of carbonyl (C=O) groups is 2. The number of halogens is 2. The molecule has 0 aromatic carbocycles. The van der Waals surface area contributed by atoms with Crippen LogP contribution < -0.4 is 10.6 Å². The summed E-state index contributed by atoms with van der Waals surface area (Å²) in [6.45, 7) is 7.55. The van der Waals surface area contributed by atoms with Crippen molar-refractivity contribution in [2.75, 3.05) is 52.4 Å². The number of morpholine rings is 1. The molecule has 0 radical (unpaired) electrons. The molecule has 3 fully saturated rings. The third kappa shape index (κ3) is 7.38. The molecule has 0 bridgehead atoms. The molecular weight excluding hydrogens is 391 g/mol. The van der Waals surface area contributed by atoms with Crippen LogP contribution in [0.2, 0.25) is 0 Å². The van der Waals surface area contributed by atoms with Gasteiger partial charge < -0.3 is 20.3 Å². The highest BCUT2D eigenvalue weighted by Crippen LogP contribution is 2.23. The summed E-state index contributed by atoms with van der Waals surface area (Å²) in [5, 5.41) is 6.39. The van der Waals surface area contributed by atoms with E-state index in [-0.39, 0.29) is 42.7 Å². The highest BCUT2D eigenvalue weighted by molar-refractivity contribution is 5.85. The van der Waals surface area contributed by atoms with Gasteiger partial charge in [-0.05, 0) is 18.8 Å². The van der Waals surface area contributed by atoms with Crippen LogP contribution in [-0.2, 0) is 14.3 Å². The smallest absolute Gasteiger partial charge is 0.253 e. The van der Waals surface area contributed by atoms with Gasteiger partial charge >= 0.3 is 0 Å². The first kappa shape index (κ1) is 24.4. The summed E-state index contributed by atoms with van der Waals surface area (Å²) in [5.41, 5.74) is 0. The number of amides is 2. The minimum atomic E-state index is -0.350. The van der Waals surface area contributed by atoms with Gasteiger partial charge in [-0.25, -0.2) is 0 Å². The third-order valence-electron chi connectivity index (χ3n) is 5.56. The van der Waals surface area contributed by atoms with Gasteiger partial charge in [0.1, 0.15) is 6.10 Å². The van der Waals surface area contributed by atoms with Gasteiger partial charge in [-0.1, -0.05) is 19.8 Å². The maximum atomic E-state index is 12.4. The van der Waals surface area contributed by atoms with E-state index in [2.05, 4.69) is 22.5 Å². The lowest BCUT2D eigenvalue weighted by Gasteiger charge is -2.37. The van der Waals surface area contributed by atoms with Gasteiger partial charge in [0.2, 0.25) is 5.91 Å². The molecule has 2 heterocycles. The van der Waals surface area contributed by atoms with Gasteiger partial charge in [-0.2, -0.15) is 0 Å². The molecule has 2 saturated heterocycles. The Morgan fingerprint density at radius 1 is 1.15 bits per heavy atom. The summed E-state index contributed by atoms with van der Waals surface area (Å²) in [5.74, 6) is 0.913. The van der Waals surface area contributed by atoms with Crippen LogP contribution >= 0.6 is 24.8 Å². The number of nitrogens with zero attached hydrogens (tertiary/aromatic N) is 2. The first-order valence-electron chi connectivity index (χ1n) is 9.74. The van der Waals surface area contributed by atoms with Gasteiger partial charge in [-0.15, -0.1) is 24.8 Å². The standard InChI is InChI=1S/C18H32N4O3.2ClH/c1-14-3-2-4-15(11-14)20-17(23)13-21-6-8-22(9-7-21)18(24)16-12-19-5-10-25-16;;/h14-16,19H,2-13H2,1H3,(H,20,23);2*1H. The van der Waals surface area contributed by atoms with E-state index in [1.54, 1.807) is 0 Å². The summed E-state index contributed by atoms with van der Waals surface area (Å²) >= 11 is 0. The second-order valence-corrected chi connectivity index (χ2v) is 7.70. The van der Waals surface area contributed by atoms with Crippen LogP contribution in [0.25, 0.3) is 0 Å². The Labute approximate surface area is 174 Å². The minimum absolute atomic E-state index is 0. The van der Waals surface area contributed by atoms with Crippen LogP contribution in [0.5, 0.6) is 0 Å². The lowest BCUT2D eigenvalue weighted by molar-refractivity contribution is -0.147. The van der Waals surface area contributed by atoms with Gasteiger partial charge in [0.05, 0.1) is 13.2 Å². The zero-order valence-corrected chi connectivity index (χ0v) is 17.8. The summed E-state index contributed by atoms with van der Waals surface area (Å²) in [4.78, 5) is 28.7. The van der Waals surface area contributed by atoms with E-state index in [4.69, 9.17) is 4.74 Å². The maximum Gasteiger partial charge on any atom is 0.253 e. The quantitative estimate of drug-likeness (QED) is 0.693. The molecule has 0 aromatic rings. The summed E-state index contributed by atoms with van der Waals surface area (Å²) in [6, 6.07) is 0.343. The Bertz CT molecular complexity index is 470. The van der Waals surface area contributed by atoms with Crippen molar-refractivity contribution in [3.05, 3.63) is 0 Å². The fourth-order valence-corrected chi connectivity index (χ4v) is 4.10. The first-order chi connectivity index (χ1) is 12.1. The molecule has 158 valence electrons. The van der Waals surface area contributed by atoms with Crippen molar-refractivity contribution in [1.29, 1.82) is 0 Å². The van der Waals surface area contributed by atoms with Crippen molar-refractivity contribution in [2.45, 2.75) is 44.8 Å². The van der Waals surface area contributed by atoms with Crippen LogP contribution in [0.4, 0.5) is 0 Å². The zero-order valence-electron chi connectivity index (χ0n) is 16.2. The second-order valence-electron chi connectivity index (χ2n) is 7.70. The Morgan fingerprint density at radius 3 is 2.52 bits per heavy atom. The van der Waals surface area contributed by atoms with Gasteiger partial charge in [0, 0.05) is 45.3 Å². The predicted molar refractivity (Wildman–Crippen MR) is 110 cm³/mol. The molecule has 7 nitrogen and oxygen atoms in total. The van der Waals surface area contributed by atoms with Crippen LogP contribution in [0.15, 0.2) is 0 Å². The molecule has 3 rings (SSSR count). The summed E-state index contributed by atoms with van der Waals surface area (Å²) < 4.78 is 5.55. The highest BCUT2D eigenvalue weighted by atomic mass is 35.5. The number of hydrogen-bond donors (Lipinski definition) is 2. The molecule has 2 N–H and O–H groups in total. The molecule has 3 unspecified atom stereocenters. The monoisotopic (exact) mass is 424 g/mol. The van der Waals surface area contributed by atoms with E-state index >= 15 is 0 Å². The fraction of sp³-hybridized carbons (Fsp3) is 0.889. The van der Waals surface area contributed by atoms with Crippen LogP contribution in [0, 0.1) is 5.92 Å². The van der Waals surface area contributed by atoms with E-state index in [1.165, 1.54) is 12.8 Å². The topological polar surface area (TPSA) is 73.9 Å². The number of piperazine rings is 1. The van der Waals surface area contributed by atoms with Crippen molar-refractivity contribution in [1.82, 2.24) is 20.4 Å². The van der Waals surface area contributed by atoms with Gasteiger partial charge in [0.15, 0.2) is 0 Å². The molecule has 9 heteroatoms. The largest absolute Gasteiger partial charge is 0.366 e. The minimum Gasteiger partial charge on any atom is -0.366 e. The molecule has 0 spiro atoms. The molecule has 1 aliphatic carbocycles. The number of hydrogen-bond acceptors (Lipinski definition) is 5. The number of rotatable bonds is 4. The molecule has 27 heavy (non-hydrogen) atoms. The molecule has 3 atom stereocenters. The predicted octanol–water partition coefficient (Wildman–Crippen LogP) is 0.658. The SMILES string of the molecule is CC1CCCC(NC(=O)CN2CCN(C(=O)C3CNCCO3)CC2)C1.Cl.Cl. The van der Waals surface area contributed by atoms with E-state index in [9.17, 15) is 9.59 Å². The van der Waals surface area contributed by atoms with E-state index < -0.39 is 0 Å². The molecule has 3 aliphatic rings. The molecule has 2 aliphatic heterocycles. The number of nitrogens with one attached hydrogen (secondary N) is 2. The molecule has 0 aromatic heterocycles. The van der Waals surface area contributed by atoms with Gasteiger partial charge in [0.25, 0.3) is 5.91 Å². The Morgan fingerprint density at radius 2 is 1.89 bits per heavy atom. The van der Waals surface area contributed by atoms with E-state index in [0.717, 1.165) is 32.5 Å². The molecular formula is C18H34Cl2N4O3. The Kier molecular flexibility index (Phi) is 10.9. The second kappa shape index (κ2) is 12.1.